The molecule has 2 rings (SSSR count). The number of carbonyl (C=O) groups is 1. The molecule has 0 saturated carbocycles. The molecule has 1 aliphatic heterocycles. The zero-order chi connectivity index (χ0) is 15.2. The number of carbonyl (C=O) groups excluding carboxylic acids is 1. The number of halogens is 1. The highest BCUT2D eigenvalue weighted by Gasteiger charge is 2.20. The number of nitrogens with one attached hydrogen (secondary N) is 1. The topological polar surface area (TPSA) is 35.6 Å². The Balaban J connectivity index is 1.78. The monoisotopic (exact) mass is 293 g/mol. The van der Waals surface area contributed by atoms with E-state index in [9.17, 15) is 9.18 Å². The maximum absolute atomic E-state index is 13.7. The minimum absolute atomic E-state index is 0.0723. The molecule has 0 aromatic heterocycles. The average molecular weight is 293 g/mol. The van der Waals surface area contributed by atoms with Crippen molar-refractivity contribution in [3.05, 3.63) is 30.1 Å². The van der Waals surface area contributed by atoms with E-state index in [0.717, 1.165) is 26.2 Å². The first kappa shape index (κ1) is 15.8. The Hall–Kier alpha value is -1.62. The third-order valence-corrected chi connectivity index (χ3v) is 3.64. The highest BCUT2D eigenvalue weighted by molar-refractivity contribution is 5.78. The lowest BCUT2D eigenvalue weighted by molar-refractivity contribution is -0.122. The molecule has 1 aliphatic rings. The van der Waals surface area contributed by atoms with Gasteiger partial charge in [-0.2, -0.15) is 0 Å². The number of hydrogen-bond acceptors (Lipinski definition) is 3. The molecule has 0 spiro atoms. The Labute approximate surface area is 125 Å². The number of benzene rings is 1. The molecular formula is C16H24FN3O. The van der Waals surface area contributed by atoms with Gasteiger partial charge in [-0.05, 0) is 18.1 Å². The second-order valence-electron chi connectivity index (χ2n) is 5.91. The van der Waals surface area contributed by atoms with Crippen molar-refractivity contribution in [1.29, 1.82) is 0 Å². The van der Waals surface area contributed by atoms with Crippen LogP contribution < -0.4 is 10.2 Å². The fourth-order valence-corrected chi connectivity index (χ4v) is 2.43. The molecule has 0 bridgehead atoms. The molecule has 0 aliphatic carbocycles. The molecule has 0 atom stereocenters. The van der Waals surface area contributed by atoms with Crippen LogP contribution in [0.4, 0.5) is 10.1 Å². The Kier molecular flexibility index (Phi) is 5.56. The fourth-order valence-electron chi connectivity index (χ4n) is 2.43. The van der Waals surface area contributed by atoms with Gasteiger partial charge in [-0.25, -0.2) is 4.39 Å². The predicted molar refractivity (Wildman–Crippen MR) is 82.9 cm³/mol. The van der Waals surface area contributed by atoms with Crippen LogP contribution in [0, 0.1) is 11.7 Å². The Morgan fingerprint density at radius 2 is 1.90 bits per heavy atom. The number of anilines is 1. The minimum atomic E-state index is -0.180. The first-order valence-electron chi connectivity index (χ1n) is 7.55. The van der Waals surface area contributed by atoms with Gasteiger partial charge in [0.2, 0.25) is 5.91 Å². The van der Waals surface area contributed by atoms with E-state index in [1.54, 1.807) is 12.1 Å². The third kappa shape index (κ3) is 4.70. The third-order valence-electron chi connectivity index (χ3n) is 3.64. The van der Waals surface area contributed by atoms with Crippen LogP contribution in [-0.4, -0.2) is 50.1 Å². The minimum Gasteiger partial charge on any atom is -0.367 e. The normalized spacial score (nSPS) is 16.3. The molecule has 1 amide bonds. The zero-order valence-corrected chi connectivity index (χ0v) is 12.8. The quantitative estimate of drug-likeness (QED) is 0.898. The summed E-state index contributed by atoms with van der Waals surface area (Å²) in [5, 5.41) is 2.93. The van der Waals surface area contributed by atoms with E-state index in [2.05, 4.69) is 24.1 Å². The Morgan fingerprint density at radius 1 is 1.24 bits per heavy atom. The zero-order valence-electron chi connectivity index (χ0n) is 12.8. The van der Waals surface area contributed by atoms with Crippen molar-refractivity contribution in [1.82, 2.24) is 10.2 Å². The van der Waals surface area contributed by atoms with E-state index < -0.39 is 0 Å². The summed E-state index contributed by atoms with van der Waals surface area (Å²) in [6.45, 7) is 8.36. The molecular weight excluding hydrogens is 269 g/mol. The second-order valence-corrected chi connectivity index (χ2v) is 5.91. The SMILES string of the molecule is CC(C)CNC(=O)CN1CCN(c2ccccc2F)CC1. The molecule has 0 unspecified atom stereocenters. The van der Waals surface area contributed by atoms with Crippen LogP contribution in [0.3, 0.4) is 0 Å². The molecule has 1 aromatic carbocycles. The van der Waals surface area contributed by atoms with Crippen LogP contribution in [0.1, 0.15) is 13.8 Å². The van der Waals surface area contributed by atoms with E-state index in [4.69, 9.17) is 0 Å². The van der Waals surface area contributed by atoms with E-state index in [-0.39, 0.29) is 11.7 Å². The number of amides is 1. The standard InChI is InChI=1S/C16H24FN3O/c1-13(2)11-18-16(21)12-19-7-9-20(10-8-19)15-6-4-3-5-14(15)17/h3-6,13H,7-12H2,1-2H3,(H,18,21). The van der Waals surface area contributed by atoms with Crippen molar-refractivity contribution >= 4 is 11.6 Å². The summed E-state index contributed by atoms with van der Waals surface area (Å²) in [5.74, 6) is 0.357. The van der Waals surface area contributed by atoms with Crippen LogP contribution in [0.2, 0.25) is 0 Å². The number of hydrogen-bond donors (Lipinski definition) is 1. The van der Waals surface area contributed by atoms with Crippen molar-refractivity contribution in [2.24, 2.45) is 5.92 Å². The van der Waals surface area contributed by atoms with Gasteiger partial charge in [-0.1, -0.05) is 26.0 Å². The van der Waals surface area contributed by atoms with Gasteiger partial charge >= 0.3 is 0 Å². The molecule has 21 heavy (non-hydrogen) atoms. The molecule has 0 radical (unpaired) electrons. The van der Waals surface area contributed by atoms with Gasteiger partial charge in [0, 0.05) is 32.7 Å². The van der Waals surface area contributed by atoms with Crippen LogP contribution in [0.15, 0.2) is 24.3 Å². The van der Waals surface area contributed by atoms with E-state index >= 15 is 0 Å². The second kappa shape index (κ2) is 7.41. The maximum Gasteiger partial charge on any atom is 0.234 e. The van der Waals surface area contributed by atoms with Gasteiger partial charge in [0.05, 0.1) is 12.2 Å². The molecule has 1 heterocycles. The molecule has 1 fully saturated rings. The summed E-state index contributed by atoms with van der Waals surface area (Å²) in [4.78, 5) is 16.0. The van der Waals surface area contributed by atoms with Crippen LogP contribution in [0.25, 0.3) is 0 Å². The summed E-state index contributed by atoms with van der Waals surface area (Å²) in [7, 11) is 0. The van der Waals surface area contributed by atoms with Gasteiger partial charge in [-0.3, -0.25) is 9.69 Å². The molecule has 1 N–H and O–H groups in total. The lowest BCUT2D eigenvalue weighted by Crippen LogP contribution is -2.50. The number of rotatable bonds is 5. The summed E-state index contributed by atoms with van der Waals surface area (Å²) < 4.78 is 13.7. The molecule has 1 aromatic rings. The first-order valence-corrected chi connectivity index (χ1v) is 7.55. The highest BCUT2D eigenvalue weighted by Crippen LogP contribution is 2.19. The van der Waals surface area contributed by atoms with Crippen LogP contribution in [-0.2, 0) is 4.79 Å². The van der Waals surface area contributed by atoms with Gasteiger partial charge < -0.3 is 10.2 Å². The van der Waals surface area contributed by atoms with Gasteiger partial charge in [0.1, 0.15) is 5.82 Å². The predicted octanol–water partition coefficient (Wildman–Crippen LogP) is 1.72. The number of para-hydroxylation sites is 1. The van der Waals surface area contributed by atoms with E-state index in [1.807, 2.05) is 11.0 Å². The largest absolute Gasteiger partial charge is 0.367 e. The molecule has 1 saturated heterocycles. The van der Waals surface area contributed by atoms with Crippen molar-refractivity contribution in [3.8, 4) is 0 Å². The van der Waals surface area contributed by atoms with Crippen LogP contribution in [0.5, 0.6) is 0 Å². The van der Waals surface area contributed by atoms with Gasteiger partial charge in [0.15, 0.2) is 0 Å². The summed E-state index contributed by atoms with van der Waals surface area (Å²) in [6.07, 6.45) is 0. The number of piperazine rings is 1. The van der Waals surface area contributed by atoms with Crippen molar-refractivity contribution in [2.75, 3.05) is 44.2 Å². The van der Waals surface area contributed by atoms with Crippen molar-refractivity contribution in [2.45, 2.75) is 13.8 Å². The fraction of sp³-hybridized carbons (Fsp3) is 0.562. The van der Waals surface area contributed by atoms with E-state index in [0.29, 0.717) is 24.7 Å². The van der Waals surface area contributed by atoms with Crippen molar-refractivity contribution in [3.63, 3.8) is 0 Å². The highest BCUT2D eigenvalue weighted by atomic mass is 19.1. The summed E-state index contributed by atoms with van der Waals surface area (Å²) >= 11 is 0. The summed E-state index contributed by atoms with van der Waals surface area (Å²) in [6, 6.07) is 6.85. The summed E-state index contributed by atoms with van der Waals surface area (Å²) in [5.41, 5.74) is 0.654. The van der Waals surface area contributed by atoms with E-state index in [1.165, 1.54) is 6.07 Å². The van der Waals surface area contributed by atoms with Gasteiger partial charge in [0.25, 0.3) is 0 Å². The van der Waals surface area contributed by atoms with Crippen molar-refractivity contribution < 1.29 is 9.18 Å². The molecule has 5 heteroatoms. The first-order chi connectivity index (χ1) is 10.1. The Morgan fingerprint density at radius 3 is 2.52 bits per heavy atom. The molecule has 116 valence electrons. The van der Waals surface area contributed by atoms with Crippen LogP contribution >= 0.6 is 0 Å². The molecule has 4 nitrogen and oxygen atoms in total. The Bertz CT molecular complexity index is 470. The maximum atomic E-state index is 13.7. The average Bonchev–Trinajstić information content (AvgIpc) is 2.47. The lowest BCUT2D eigenvalue weighted by Gasteiger charge is -2.35. The van der Waals surface area contributed by atoms with Gasteiger partial charge in [-0.15, -0.1) is 0 Å². The lowest BCUT2D eigenvalue weighted by atomic mass is 10.2. The number of nitrogens with zero attached hydrogens (tertiary/aromatic N) is 2. The smallest absolute Gasteiger partial charge is 0.234 e.